The molecule has 0 unspecified atom stereocenters. The van der Waals surface area contributed by atoms with Crippen molar-refractivity contribution in [2.75, 3.05) is 10.8 Å². The Morgan fingerprint density at radius 1 is 0.949 bits per heavy atom. The number of amides is 2. The Labute approximate surface area is 232 Å². The average molecular weight is 578 g/mol. The second kappa shape index (κ2) is 13.0. The lowest BCUT2D eigenvalue weighted by atomic mass is 10.1. The fourth-order valence-corrected chi connectivity index (χ4v) is 5.35. The predicted molar refractivity (Wildman–Crippen MR) is 147 cm³/mol. The molecule has 0 aromatic heterocycles. The summed E-state index contributed by atoms with van der Waals surface area (Å²) in [5.74, 6) is -2.59. The van der Waals surface area contributed by atoms with Crippen LogP contribution < -0.4 is 9.62 Å². The van der Waals surface area contributed by atoms with Gasteiger partial charge in [-0.2, -0.15) is 0 Å². The smallest absolute Gasteiger partial charge is 0.264 e. The first kappa shape index (κ1) is 30.0. The predicted octanol–water partition coefficient (Wildman–Crippen LogP) is 5.15. The van der Waals surface area contributed by atoms with E-state index in [1.54, 1.807) is 19.1 Å². The molecule has 3 rings (SSSR count). The summed E-state index contributed by atoms with van der Waals surface area (Å²) < 4.78 is 56.6. The monoisotopic (exact) mass is 577 g/mol. The molecule has 0 radical (unpaired) electrons. The molecule has 1 N–H and O–H groups in total. The van der Waals surface area contributed by atoms with Gasteiger partial charge in [0.05, 0.1) is 15.6 Å². The van der Waals surface area contributed by atoms with Gasteiger partial charge < -0.3 is 10.2 Å². The standard InChI is InChI=1S/C28H30ClF2N3O4S/c1-4-19(2)32-28(36)20(3)33(17-21-10-8-9-13-25(21)30)27(35)18-34(22-14-15-26(31)24(29)16-22)39(37,38)23-11-6-5-7-12-23/h5-16,19-20H,4,17-18H2,1-3H3,(H,32,36)/t19-,20-/m1/s1. The van der Waals surface area contributed by atoms with Crippen molar-refractivity contribution in [2.24, 2.45) is 0 Å². The van der Waals surface area contributed by atoms with Gasteiger partial charge in [-0.15, -0.1) is 0 Å². The van der Waals surface area contributed by atoms with Crippen LogP contribution in [0.5, 0.6) is 0 Å². The Hall–Kier alpha value is -3.50. The lowest BCUT2D eigenvalue weighted by Gasteiger charge is -2.32. The summed E-state index contributed by atoms with van der Waals surface area (Å²) in [6.45, 7) is 4.14. The van der Waals surface area contributed by atoms with Crippen molar-refractivity contribution in [3.63, 3.8) is 0 Å². The van der Waals surface area contributed by atoms with Crippen LogP contribution in [0.4, 0.5) is 14.5 Å². The number of anilines is 1. The van der Waals surface area contributed by atoms with Crippen LogP contribution in [0, 0.1) is 11.6 Å². The van der Waals surface area contributed by atoms with Crippen LogP contribution in [0.15, 0.2) is 77.7 Å². The molecule has 0 spiro atoms. The summed E-state index contributed by atoms with van der Waals surface area (Å²) >= 11 is 5.95. The molecule has 0 saturated heterocycles. The number of halogens is 3. The largest absolute Gasteiger partial charge is 0.352 e. The van der Waals surface area contributed by atoms with E-state index < -0.39 is 46.1 Å². The molecule has 0 aliphatic rings. The number of hydrogen-bond donors (Lipinski definition) is 1. The number of nitrogens with zero attached hydrogens (tertiary/aromatic N) is 2. The third-order valence-electron chi connectivity index (χ3n) is 6.27. The van der Waals surface area contributed by atoms with Gasteiger partial charge in [-0.05, 0) is 56.7 Å². The van der Waals surface area contributed by atoms with Gasteiger partial charge in [0.15, 0.2) is 0 Å². The SMILES string of the molecule is CC[C@@H](C)NC(=O)[C@@H](C)N(Cc1ccccc1F)C(=O)CN(c1ccc(F)c(Cl)c1)S(=O)(=O)c1ccccc1. The van der Waals surface area contributed by atoms with E-state index in [1.165, 1.54) is 55.5 Å². The molecule has 0 aliphatic carbocycles. The van der Waals surface area contributed by atoms with E-state index >= 15 is 0 Å². The Kier molecular flexibility index (Phi) is 10.0. The van der Waals surface area contributed by atoms with Crippen molar-refractivity contribution < 1.29 is 26.8 Å². The van der Waals surface area contributed by atoms with E-state index in [9.17, 15) is 26.8 Å². The highest BCUT2D eigenvalue weighted by Gasteiger charge is 2.33. The maximum Gasteiger partial charge on any atom is 0.264 e. The molecule has 7 nitrogen and oxygen atoms in total. The summed E-state index contributed by atoms with van der Waals surface area (Å²) in [6.07, 6.45) is 0.647. The topological polar surface area (TPSA) is 86.8 Å². The van der Waals surface area contributed by atoms with Crippen molar-refractivity contribution in [1.29, 1.82) is 0 Å². The van der Waals surface area contributed by atoms with Crippen molar-refractivity contribution in [1.82, 2.24) is 10.2 Å². The van der Waals surface area contributed by atoms with Crippen molar-refractivity contribution in [3.05, 3.63) is 95.0 Å². The van der Waals surface area contributed by atoms with Crippen LogP contribution in [-0.2, 0) is 26.2 Å². The molecule has 2 atom stereocenters. The third kappa shape index (κ3) is 7.33. The fourth-order valence-electron chi connectivity index (χ4n) is 3.75. The van der Waals surface area contributed by atoms with Crippen LogP contribution in [0.2, 0.25) is 5.02 Å². The van der Waals surface area contributed by atoms with E-state index in [1.807, 2.05) is 6.92 Å². The Balaban J connectivity index is 2.05. The second-order valence-corrected chi connectivity index (χ2v) is 11.3. The molecule has 0 saturated carbocycles. The fraction of sp³-hybridized carbons (Fsp3) is 0.286. The highest BCUT2D eigenvalue weighted by Crippen LogP contribution is 2.28. The zero-order valence-electron chi connectivity index (χ0n) is 21.8. The third-order valence-corrected chi connectivity index (χ3v) is 8.35. The lowest BCUT2D eigenvalue weighted by Crippen LogP contribution is -2.52. The van der Waals surface area contributed by atoms with Crippen LogP contribution in [-0.4, -0.2) is 43.8 Å². The van der Waals surface area contributed by atoms with Gasteiger partial charge in [0, 0.05) is 18.2 Å². The Morgan fingerprint density at radius 3 is 2.21 bits per heavy atom. The first-order valence-corrected chi connectivity index (χ1v) is 14.1. The number of carbonyl (C=O) groups excluding carboxylic acids is 2. The first-order chi connectivity index (χ1) is 18.4. The van der Waals surface area contributed by atoms with Crippen LogP contribution in [0.25, 0.3) is 0 Å². The van der Waals surface area contributed by atoms with E-state index in [-0.39, 0.29) is 33.8 Å². The molecule has 0 heterocycles. The Morgan fingerprint density at radius 2 is 1.59 bits per heavy atom. The number of benzene rings is 3. The number of hydrogen-bond acceptors (Lipinski definition) is 4. The molecule has 0 aliphatic heterocycles. The summed E-state index contributed by atoms with van der Waals surface area (Å²) in [5.41, 5.74) is 0.0949. The van der Waals surface area contributed by atoms with E-state index in [0.29, 0.717) is 6.42 Å². The highest BCUT2D eigenvalue weighted by molar-refractivity contribution is 7.92. The molecular formula is C28H30ClF2N3O4S. The van der Waals surface area contributed by atoms with Gasteiger partial charge in [-0.25, -0.2) is 17.2 Å². The molecule has 2 amide bonds. The maximum absolute atomic E-state index is 14.6. The normalized spacial score (nSPS) is 12.9. The average Bonchev–Trinajstić information content (AvgIpc) is 2.92. The van der Waals surface area contributed by atoms with Crippen LogP contribution >= 0.6 is 11.6 Å². The van der Waals surface area contributed by atoms with Crippen LogP contribution in [0.3, 0.4) is 0 Å². The summed E-state index contributed by atoms with van der Waals surface area (Å²) in [7, 11) is -4.33. The zero-order valence-corrected chi connectivity index (χ0v) is 23.3. The molecule has 39 heavy (non-hydrogen) atoms. The number of nitrogens with one attached hydrogen (secondary N) is 1. The molecule has 0 bridgehead atoms. The van der Waals surface area contributed by atoms with Gasteiger partial charge in [0.25, 0.3) is 10.0 Å². The summed E-state index contributed by atoms with van der Waals surface area (Å²) in [4.78, 5) is 27.8. The molecule has 11 heteroatoms. The molecule has 3 aromatic carbocycles. The lowest BCUT2D eigenvalue weighted by molar-refractivity contribution is -0.139. The van der Waals surface area contributed by atoms with Crippen molar-refractivity contribution in [2.45, 2.75) is 50.7 Å². The number of carbonyl (C=O) groups is 2. The van der Waals surface area contributed by atoms with E-state index in [4.69, 9.17) is 11.6 Å². The highest BCUT2D eigenvalue weighted by atomic mass is 35.5. The summed E-state index contributed by atoms with van der Waals surface area (Å²) in [5, 5.41) is 2.47. The molecular weight excluding hydrogens is 548 g/mol. The van der Waals surface area contributed by atoms with E-state index in [0.717, 1.165) is 21.3 Å². The van der Waals surface area contributed by atoms with Crippen molar-refractivity contribution in [3.8, 4) is 0 Å². The van der Waals surface area contributed by atoms with Gasteiger partial charge in [-0.3, -0.25) is 13.9 Å². The number of sulfonamides is 1. The minimum atomic E-state index is -4.33. The summed E-state index contributed by atoms with van der Waals surface area (Å²) in [6, 6.07) is 15.2. The van der Waals surface area contributed by atoms with Gasteiger partial charge in [0.2, 0.25) is 11.8 Å². The van der Waals surface area contributed by atoms with Crippen LogP contribution in [0.1, 0.15) is 32.8 Å². The second-order valence-electron chi connectivity index (χ2n) is 9.03. The minimum Gasteiger partial charge on any atom is -0.352 e. The zero-order chi connectivity index (χ0) is 28.7. The van der Waals surface area contributed by atoms with Crippen molar-refractivity contribution >= 4 is 39.1 Å². The molecule has 208 valence electrons. The number of rotatable bonds is 11. The quantitative estimate of drug-likeness (QED) is 0.342. The van der Waals surface area contributed by atoms with Gasteiger partial charge in [-0.1, -0.05) is 54.9 Å². The molecule has 3 aromatic rings. The van der Waals surface area contributed by atoms with E-state index in [2.05, 4.69) is 5.32 Å². The maximum atomic E-state index is 14.6. The first-order valence-electron chi connectivity index (χ1n) is 12.3. The Bertz CT molecular complexity index is 1420. The minimum absolute atomic E-state index is 0.0545. The van der Waals surface area contributed by atoms with Gasteiger partial charge >= 0.3 is 0 Å². The van der Waals surface area contributed by atoms with Gasteiger partial charge in [0.1, 0.15) is 24.2 Å². The molecule has 0 fully saturated rings.